The van der Waals surface area contributed by atoms with E-state index in [4.69, 9.17) is 27.9 Å². The third-order valence-corrected chi connectivity index (χ3v) is 3.83. The molecule has 22 heavy (non-hydrogen) atoms. The van der Waals surface area contributed by atoms with Crippen molar-refractivity contribution in [3.63, 3.8) is 0 Å². The number of pyridine rings is 1. The predicted octanol–water partition coefficient (Wildman–Crippen LogP) is 4.46. The van der Waals surface area contributed by atoms with Crippen LogP contribution in [-0.2, 0) is 13.0 Å². The van der Waals surface area contributed by atoms with E-state index in [2.05, 4.69) is 29.1 Å². The maximum atomic E-state index is 5.92. The zero-order chi connectivity index (χ0) is 15.9. The van der Waals surface area contributed by atoms with Crippen molar-refractivity contribution in [2.45, 2.75) is 19.4 Å². The highest BCUT2D eigenvalue weighted by Gasteiger charge is 2.04. The second kappa shape index (κ2) is 8.37. The Kier molecular flexibility index (Phi) is 6.49. The van der Waals surface area contributed by atoms with Gasteiger partial charge >= 0.3 is 0 Å². The minimum absolute atomic E-state index is 0.439. The summed E-state index contributed by atoms with van der Waals surface area (Å²) in [6.45, 7) is 1.81. The molecule has 2 rings (SSSR count). The van der Waals surface area contributed by atoms with E-state index >= 15 is 0 Å². The van der Waals surface area contributed by atoms with Crippen LogP contribution in [0.4, 0.5) is 0 Å². The number of aromatic nitrogens is 1. The number of halogens is 2. The van der Waals surface area contributed by atoms with E-state index in [1.165, 1.54) is 5.56 Å². The second-order valence-electron chi connectivity index (χ2n) is 5.31. The first-order chi connectivity index (χ1) is 10.6. The fraction of sp³-hybridized carbons (Fsp3) is 0.353. The van der Waals surface area contributed by atoms with Crippen LogP contribution in [0.1, 0.15) is 17.5 Å². The minimum atomic E-state index is 0.439. The summed E-state index contributed by atoms with van der Waals surface area (Å²) < 4.78 is 5.16. The van der Waals surface area contributed by atoms with Gasteiger partial charge in [0.25, 0.3) is 0 Å². The van der Waals surface area contributed by atoms with Gasteiger partial charge in [-0.25, -0.2) is 4.98 Å². The lowest BCUT2D eigenvalue weighted by Gasteiger charge is -2.17. The molecule has 0 atom stereocenters. The highest BCUT2D eigenvalue weighted by atomic mass is 35.5. The lowest BCUT2D eigenvalue weighted by molar-refractivity contribution is 0.322. The lowest BCUT2D eigenvalue weighted by Crippen LogP contribution is -2.19. The first-order valence-electron chi connectivity index (χ1n) is 7.20. The Morgan fingerprint density at radius 3 is 2.27 bits per heavy atom. The smallest absolute Gasteiger partial charge is 0.131 e. The number of aryl methyl sites for hydroxylation is 1. The van der Waals surface area contributed by atoms with Crippen LogP contribution in [0.3, 0.4) is 0 Å². The van der Waals surface area contributed by atoms with Crippen LogP contribution in [0.15, 0.2) is 36.4 Å². The summed E-state index contributed by atoms with van der Waals surface area (Å²) in [6, 6.07) is 11.9. The van der Waals surface area contributed by atoms with E-state index in [1.807, 2.05) is 24.3 Å². The number of hydrogen-bond donors (Lipinski definition) is 0. The first kappa shape index (κ1) is 17.1. The fourth-order valence-electron chi connectivity index (χ4n) is 2.34. The summed E-state index contributed by atoms with van der Waals surface area (Å²) in [5.74, 6) is 0.896. The van der Waals surface area contributed by atoms with Crippen LogP contribution < -0.4 is 4.74 Å². The van der Waals surface area contributed by atoms with E-state index in [9.17, 15) is 0 Å². The van der Waals surface area contributed by atoms with Gasteiger partial charge in [-0.1, -0.05) is 35.3 Å². The Balaban J connectivity index is 1.78. The summed E-state index contributed by atoms with van der Waals surface area (Å²) in [5.41, 5.74) is 2.40. The molecule has 2 aromatic rings. The molecule has 1 heterocycles. The molecule has 0 radical (unpaired) electrons. The molecular formula is C17H20Cl2N2O. The highest BCUT2D eigenvalue weighted by molar-refractivity contribution is 6.32. The molecule has 3 nitrogen and oxygen atoms in total. The molecule has 0 bridgehead atoms. The van der Waals surface area contributed by atoms with E-state index in [0.717, 1.165) is 37.2 Å². The zero-order valence-corrected chi connectivity index (χ0v) is 14.4. The predicted molar refractivity (Wildman–Crippen MR) is 91.9 cm³/mol. The Morgan fingerprint density at radius 2 is 1.68 bits per heavy atom. The van der Waals surface area contributed by atoms with Gasteiger partial charge in [0, 0.05) is 6.54 Å². The molecule has 1 aromatic heterocycles. The molecule has 0 fully saturated rings. The van der Waals surface area contributed by atoms with Crippen molar-refractivity contribution in [3.05, 3.63) is 57.8 Å². The topological polar surface area (TPSA) is 25.4 Å². The van der Waals surface area contributed by atoms with Crippen molar-refractivity contribution in [1.82, 2.24) is 9.88 Å². The number of nitrogens with zero attached hydrogens (tertiary/aromatic N) is 2. The van der Waals surface area contributed by atoms with Gasteiger partial charge in [0.05, 0.1) is 7.11 Å². The molecule has 0 aliphatic heterocycles. The van der Waals surface area contributed by atoms with Crippen molar-refractivity contribution in [3.8, 4) is 5.75 Å². The van der Waals surface area contributed by atoms with Gasteiger partial charge in [-0.3, -0.25) is 0 Å². The Labute approximate surface area is 141 Å². The van der Waals surface area contributed by atoms with Gasteiger partial charge in [-0.15, -0.1) is 0 Å². The normalized spacial score (nSPS) is 11.0. The molecule has 0 aliphatic carbocycles. The third kappa shape index (κ3) is 5.48. The molecular weight excluding hydrogens is 319 g/mol. The molecule has 5 heteroatoms. The van der Waals surface area contributed by atoms with Gasteiger partial charge in [0.15, 0.2) is 0 Å². The molecule has 0 saturated heterocycles. The van der Waals surface area contributed by atoms with Gasteiger partial charge in [0.1, 0.15) is 16.1 Å². The summed E-state index contributed by atoms with van der Waals surface area (Å²) in [5, 5.41) is 0.878. The molecule has 0 saturated carbocycles. The molecule has 0 aliphatic rings. The number of benzene rings is 1. The summed E-state index contributed by atoms with van der Waals surface area (Å²) in [4.78, 5) is 6.22. The van der Waals surface area contributed by atoms with Crippen molar-refractivity contribution in [2.24, 2.45) is 0 Å². The van der Waals surface area contributed by atoms with Gasteiger partial charge in [-0.2, -0.15) is 0 Å². The van der Waals surface area contributed by atoms with Crippen LogP contribution in [0, 0.1) is 0 Å². The Bertz CT molecular complexity index is 582. The Hall–Kier alpha value is -1.29. The lowest BCUT2D eigenvalue weighted by atomic mass is 10.1. The zero-order valence-electron chi connectivity index (χ0n) is 12.9. The van der Waals surface area contributed by atoms with Crippen LogP contribution in [0.2, 0.25) is 10.3 Å². The molecule has 0 amide bonds. The molecule has 118 valence electrons. The molecule has 0 spiro atoms. The standard InChI is InChI=1S/C17H20Cl2N2O/c1-21(12-14-10-16(18)20-17(19)11-14)9-3-4-13-5-7-15(22-2)8-6-13/h5-8,10-11H,3-4,9,12H2,1-2H3. The third-order valence-electron chi connectivity index (χ3n) is 3.44. The fourth-order valence-corrected chi connectivity index (χ4v) is 2.85. The average molecular weight is 339 g/mol. The minimum Gasteiger partial charge on any atom is -0.497 e. The van der Waals surface area contributed by atoms with Crippen molar-refractivity contribution in [2.75, 3.05) is 20.7 Å². The summed E-state index contributed by atoms with van der Waals surface area (Å²) in [6.07, 6.45) is 2.14. The summed E-state index contributed by atoms with van der Waals surface area (Å²) in [7, 11) is 3.78. The van der Waals surface area contributed by atoms with Gasteiger partial charge < -0.3 is 9.64 Å². The SMILES string of the molecule is COc1ccc(CCCN(C)Cc2cc(Cl)nc(Cl)c2)cc1. The highest BCUT2D eigenvalue weighted by Crippen LogP contribution is 2.16. The van der Waals surface area contributed by atoms with E-state index < -0.39 is 0 Å². The van der Waals surface area contributed by atoms with Gasteiger partial charge in [0.2, 0.25) is 0 Å². The van der Waals surface area contributed by atoms with Crippen molar-refractivity contribution >= 4 is 23.2 Å². The van der Waals surface area contributed by atoms with Crippen LogP contribution in [0.25, 0.3) is 0 Å². The second-order valence-corrected chi connectivity index (χ2v) is 6.08. The van der Waals surface area contributed by atoms with Crippen molar-refractivity contribution < 1.29 is 4.74 Å². The number of ether oxygens (including phenoxy) is 1. The van der Waals surface area contributed by atoms with Crippen LogP contribution in [-0.4, -0.2) is 30.6 Å². The van der Waals surface area contributed by atoms with Crippen molar-refractivity contribution in [1.29, 1.82) is 0 Å². The van der Waals surface area contributed by atoms with Crippen LogP contribution in [0.5, 0.6) is 5.75 Å². The maximum Gasteiger partial charge on any atom is 0.131 e. The van der Waals surface area contributed by atoms with E-state index in [-0.39, 0.29) is 0 Å². The number of rotatable bonds is 7. The van der Waals surface area contributed by atoms with Gasteiger partial charge in [-0.05, 0) is 61.8 Å². The molecule has 1 aromatic carbocycles. The maximum absolute atomic E-state index is 5.92. The monoisotopic (exact) mass is 338 g/mol. The molecule has 0 unspecified atom stereocenters. The number of methoxy groups -OCH3 is 1. The molecule has 0 N–H and O–H groups in total. The first-order valence-corrected chi connectivity index (χ1v) is 7.96. The quantitative estimate of drug-likeness (QED) is 0.697. The van der Waals surface area contributed by atoms with E-state index in [0.29, 0.717) is 10.3 Å². The van der Waals surface area contributed by atoms with E-state index in [1.54, 1.807) is 7.11 Å². The summed E-state index contributed by atoms with van der Waals surface area (Å²) >= 11 is 11.8. The Morgan fingerprint density at radius 1 is 1.05 bits per heavy atom. The number of hydrogen-bond acceptors (Lipinski definition) is 3. The van der Waals surface area contributed by atoms with Crippen LogP contribution >= 0.6 is 23.2 Å². The average Bonchev–Trinajstić information content (AvgIpc) is 2.47. The largest absolute Gasteiger partial charge is 0.497 e.